The van der Waals surface area contributed by atoms with Crippen LogP contribution in [0.2, 0.25) is 5.02 Å². The molecule has 2 aromatic carbocycles. The summed E-state index contributed by atoms with van der Waals surface area (Å²) in [5.74, 6) is 0.746. The van der Waals surface area contributed by atoms with Crippen LogP contribution in [-0.4, -0.2) is 37.2 Å². The Hall–Kier alpha value is -2.89. The zero-order chi connectivity index (χ0) is 19.1. The minimum absolute atomic E-state index is 0.127. The number of fused-ring (bicyclic) bond motifs is 2. The standard InChI is InChI=1S/C22H18ClN3O2/c23-16-5-6-20-17(13-16)18(22(27)25-20)12-15-11-14-3-1-2-4-19(14)24-21(15)26-7-9-28-10-8-26/h1-6,11-13H,7-10H2,(H,25,27)/b18-12+. The largest absolute Gasteiger partial charge is 0.378 e. The van der Waals surface area contributed by atoms with Crippen LogP contribution in [0.3, 0.4) is 0 Å². The monoisotopic (exact) mass is 391 g/mol. The minimum Gasteiger partial charge on any atom is -0.378 e. The Labute approximate surface area is 167 Å². The molecular formula is C22H18ClN3O2. The van der Waals surface area contributed by atoms with Gasteiger partial charge in [0, 0.05) is 45.9 Å². The van der Waals surface area contributed by atoms with Gasteiger partial charge in [0.2, 0.25) is 0 Å². The Morgan fingerprint density at radius 3 is 2.79 bits per heavy atom. The second-order valence-electron chi connectivity index (χ2n) is 6.90. The first-order valence-corrected chi connectivity index (χ1v) is 9.62. The number of halogens is 1. The van der Waals surface area contributed by atoms with Gasteiger partial charge < -0.3 is 15.0 Å². The second-order valence-corrected chi connectivity index (χ2v) is 7.33. The molecule has 5 nitrogen and oxygen atoms in total. The maximum absolute atomic E-state index is 12.6. The van der Waals surface area contributed by atoms with Crippen LogP contribution in [0.4, 0.5) is 11.5 Å². The summed E-state index contributed by atoms with van der Waals surface area (Å²) in [6.07, 6.45) is 1.92. The normalized spacial score (nSPS) is 17.8. The molecule has 0 bridgehead atoms. The first kappa shape index (κ1) is 17.2. The summed E-state index contributed by atoms with van der Waals surface area (Å²) in [6, 6.07) is 15.5. The summed E-state index contributed by atoms with van der Waals surface area (Å²) in [5, 5.41) is 4.55. The number of amides is 1. The number of hydrogen-bond acceptors (Lipinski definition) is 4. The van der Waals surface area contributed by atoms with Crippen LogP contribution in [0, 0.1) is 0 Å². The topological polar surface area (TPSA) is 54.5 Å². The molecule has 0 aliphatic carbocycles. The first-order valence-electron chi connectivity index (χ1n) is 9.24. The third-order valence-electron chi connectivity index (χ3n) is 5.11. The summed E-state index contributed by atoms with van der Waals surface area (Å²) in [7, 11) is 0. The molecule has 0 spiro atoms. The number of anilines is 2. The Kier molecular flexibility index (Phi) is 4.26. The van der Waals surface area contributed by atoms with E-state index in [0.29, 0.717) is 23.8 Å². The number of morpholine rings is 1. The second kappa shape index (κ2) is 6.93. The Morgan fingerprint density at radius 2 is 1.93 bits per heavy atom. The molecule has 28 heavy (non-hydrogen) atoms. The predicted molar refractivity (Wildman–Crippen MR) is 113 cm³/mol. The number of rotatable bonds is 2. The summed E-state index contributed by atoms with van der Waals surface area (Å²) in [5.41, 5.74) is 4.05. The molecule has 140 valence electrons. The van der Waals surface area contributed by atoms with Gasteiger partial charge in [-0.3, -0.25) is 4.79 Å². The highest BCUT2D eigenvalue weighted by atomic mass is 35.5. The molecule has 0 unspecified atom stereocenters. The van der Waals surface area contributed by atoms with Crippen LogP contribution in [0.15, 0.2) is 48.5 Å². The summed E-state index contributed by atoms with van der Waals surface area (Å²) in [6.45, 7) is 2.89. The van der Waals surface area contributed by atoms with Gasteiger partial charge in [-0.2, -0.15) is 0 Å². The van der Waals surface area contributed by atoms with Crippen LogP contribution in [0.5, 0.6) is 0 Å². The van der Waals surface area contributed by atoms with E-state index in [0.717, 1.165) is 46.6 Å². The van der Waals surface area contributed by atoms with E-state index in [4.69, 9.17) is 21.3 Å². The maximum Gasteiger partial charge on any atom is 0.256 e. The number of benzene rings is 2. The molecule has 0 atom stereocenters. The highest BCUT2D eigenvalue weighted by molar-refractivity contribution is 6.37. The number of nitrogens with one attached hydrogen (secondary N) is 1. The van der Waals surface area contributed by atoms with Gasteiger partial charge in [-0.05, 0) is 36.4 Å². The third kappa shape index (κ3) is 3.03. The van der Waals surface area contributed by atoms with Crippen molar-refractivity contribution < 1.29 is 9.53 Å². The molecule has 1 fully saturated rings. The van der Waals surface area contributed by atoms with Gasteiger partial charge >= 0.3 is 0 Å². The SMILES string of the molecule is O=C1Nc2ccc(Cl)cc2/C1=C\c1cc2ccccc2nc1N1CCOCC1. The van der Waals surface area contributed by atoms with E-state index in [1.54, 1.807) is 6.07 Å². The zero-order valence-electron chi connectivity index (χ0n) is 15.1. The lowest BCUT2D eigenvalue weighted by atomic mass is 10.0. The molecule has 0 radical (unpaired) electrons. The molecule has 1 N–H and O–H groups in total. The van der Waals surface area contributed by atoms with E-state index in [-0.39, 0.29) is 5.91 Å². The first-order chi connectivity index (χ1) is 13.7. The van der Waals surface area contributed by atoms with Crippen molar-refractivity contribution in [3.8, 4) is 0 Å². The zero-order valence-corrected chi connectivity index (χ0v) is 15.9. The van der Waals surface area contributed by atoms with Crippen molar-refractivity contribution in [3.05, 3.63) is 64.7 Å². The van der Waals surface area contributed by atoms with Crippen molar-refractivity contribution in [2.24, 2.45) is 0 Å². The van der Waals surface area contributed by atoms with Crippen LogP contribution in [-0.2, 0) is 9.53 Å². The molecular weight excluding hydrogens is 374 g/mol. The Morgan fingerprint density at radius 1 is 1.11 bits per heavy atom. The van der Waals surface area contributed by atoms with Crippen molar-refractivity contribution in [1.29, 1.82) is 0 Å². The van der Waals surface area contributed by atoms with Crippen molar-refractivity contribution in [2.75, 3.05) is 36.5 Å². The van der Waals surface area contributed by atoms with Crippen molar-refractivity contribution >= 4 is 51.6 Å². The number of pyridine rings is 1. The van der Waals surface area contributed by atoms with E-state index in [1.165, 1.54) is 0 Å². The number of para-hydroxylation sites is 1. The fourth-order valence-electron chi connectivity index (χ4n) is 3.72. The molecule has 1 aromatic heterocycles. The molecule has 3 heterocycles. The number of nitrogens with zero attached hydrogens (tertiary/aromatic N) is 2. The average Bonchev–Trinajstić information content (AvgIpc) is 3.03. The molecule has 5 rings (SSSR count). The van der Waals surface area contributed by atoms with Gasteiger partial charge in [0.15, 0.2) is 0 Å². The van der Waals surface area contributed by atoms with E-state index >= 15 is 0 Å². The number of carbonyl (C=O) groups is 1. The van der Waals surface area contributed by atoms with Crippen LogP contribution in [0.1, 0.15) is 11.1 Å². The van der Waals surface area contributed by atoms with Crippen molar-refractivity contribution in [1.82, 2.24) is 4.98 Å². The molecule has 2 aliphatic heterocycles. The van der Waals surface area contributed by atoms with E-state index < -0.39 is 0 Å². The average molecular weight is 392 g/mol. The van der Waals surface area contributed by atoms with Crippen LogP contribution >= 0.6 is 11.6 Å². The fraction of sp³-hybridized carbons (Fsp3) is 0.182. The van der Waals surface area contributed by atoms with Crippen molar-refractivity contribution in [3.63, 3.8) is 0 Å². The maximum atomic E-state index is 12.6. The number of aromatic nitrogens is 1. The van der Waals surface area contributed by atoms with Gasteiger partial charge in [-0.1, -0.05) is 29.8 Å². The fourth-order valence-corrected chi connectivity index (χ4v) is 3.89. The van der Waals surface area contributed by atoms with Gasteiger partial charge in [0.25, 0.3) is 5.91 Å². The lowest BCUT2D eigenvalue weighted by Gasteiger charge is -2.29. The molecule has 0 saturated carbocycles. The van der Waals surface area contributed by atoms with Gasteiger partial charge in [0.05, 0.1) is 18.7 Å². The Bertz CT molecular complexity index is 1120. The Balaban J connectivity index is 1.69. The molecule has 1 amide bonds. The van der Waals surface area contributed by atoms with Crippen molar-refractivity contribution in [2.45, 2.75) is 0 Å². The van der Waals surface area contributed by atoms with Gasteiger partial charge in [-0.15, -0.1) is 0 Å². The van der Waals surface area contributed by atoms with Crippen LogP contribution in [0.25, 0.3) is 22.6 Å². The highest BCUT2D eigenvalue weighted by Crippen LogP contribution is 2.36. The predicted octanol–water partition coefficient (Wildman–Crippen LogP) is 4.22. The third-order valence-corrected chi connectivity index (χ3v) is 5.34. The van der Waals surface area contributed by atoms with Gasteiger partial charge in [-0.25, -0.2) is 4.98 Å². The number of ether oxygens (including phenoxy) is 1. The summed E-state index contributed by atoms with van der Waals surface area (Å²) < 4.78 is 5.50. The number of hydrogen-bond donors (Lipinski definition) is 1. The summed E-state index contributed by atoms with van der Waals surface area (Å²) >= 11 is 6.17. The van der Waals surface area contributed by atoms with E-state index in [9.17, 15) is 4.79 Å². The summed E-state index contributed by atoms with van der Waals surface area (Å²) in [4.78, 5) is 19.7. The quantitative estimate of drug-likeness (QED) is 0.664. The number of carbonyl (C=O) groups excluding carboxylic acids is 1. The smallest absolute Gasteiger partial charge is 0.256 e. The molecule has 1 saturated heterocycles. The van der Waals surface area contributed by atoms with Gasteiger partial charge in [0.1, 0.15) is 5.82 Å². The molecule has 2 aliphatic rings. The lowest BCUT2D eigenvalue weighted by molar-refractivity contribution is -0.110. The molecule has 6 heteroatoms. The highest BCUT2D eigenvalue weighted by Gasteiger charge is 2.25. The minimum atomic E-state index is -0.127. The van der Waals surface area contributed by atoms with E-state index in [1.807, 2.05) is 42.5 Å². The van der Waals surface area contributed by atoms with E-state index in [2.05, 4.69) is 16.3 Å². The molecule has 3 aromatic rings. The van der Waals surface area contributed by atoms with Crippen LogP contribution < -0.4 is 10.2 Å². The lowest BCUT2D eigenvalue weighted by Crippen LogP contribution is -2.37.